The Hall–Kier alpha value is -2.28. The van der Waals surface area contributed by atoms with Crippen LogP contribution in [0, 0.1) is 13.8 Å². The Kier molecular flexibility index (Phi) is 2.96. The molecule has 0 saturated heterocycles. The number of hydrogen-bond acceptors (Lipinski definition) is 0. The first-order valence-corrected chi connectivity index (χ1v) is 6.55. The summed E-state index contributed by atoms with van der Waals surface area (Å²) < 4.78 is 0. The van der Waals surface area contributed by atoms with Crippen LogP contribution in [0.25, 0.3) is 22.4 Å². The fraction of sp³-hybridized carbons (Fsp3) is 0.111. The van der Waals surface area contributed by atoms with Gasteiger partial charge in [-0.3, -0.25) is 0 Å². The van der Waals surface area contributed by atoms with Crippen LogP contribution in [0.2, 0.25) is 0 Å². The third-order valence-corrected chi connectivity index (χ3v) is 3.46. The number of hydrogen-bond donors (Lipinski definition) is 1. The van der Waals surface area contributed by atoms with Crippen molar-refractivity contribution in [3.05, 3.63) is 71.9 Å². The first-order chi connectivity index (χ1) is 9.24. The minimum atomic E-state index is 1.19. The zero-order valence-corrected chi connectivity index (χ0v) is 11.3. The Labute approximate surface area is 113 Å². The summed E-state index contributed by atoms with van der Waals surface area (Å²) in [6, 6.07) is 19.3. The molecule has 0 aliphatic carbocycles. The van der Waals surface area contributed by atoms with Gasteiger partial charge in [0.2, 0.25) is 0 Å². The van der Waals surface area contributed by atoms with E-state index in [1.165, 1.54) is 33.5 Å². The van der Waals surface area contributed by atoms with Crippen molar-refractivity contribution < 1.29 is 0 Å². The average Bonchev–Trinajstić information content (AvgIpc) is 2.87. The Bertz CT molecular complexity index is 693. The molecule has 1 heterocycles. The van der Waals surface area contributed by atoms with Crippen molar-refractivity contribution in [1.29, 1.82) is 0 Å². The highest BCUT2D eigenvalue weighted by Gasteiger charge is 2.06. The number of aryl methyl sites for hydroxylation is 2. The minimum Gasteiger partial charge on any atom is -0.361 e. The van der Waals surface area contributed by atoms with Crippen LogP contribution < -0.4 is 0 Å². The average molecular weight is 247 g/mol. The summed E-state index contributed by atoms with van der Waals surface area (Å²) >= 11 is 0. The number of H-pyrrole nitrogens is 1. The summed E-state index contributed by atoms with van der Waals surface area (Å²) in [4.78, 5) is 3.34. The molecule has 0 radical (unpaired) electrons. The molecule has 0 saturated carbocycles. The smallest absolute Gasteiger partial charge is 0.0459 e. The first-order valence-electron chi connectivity index (χ1n) is 6.55. The second-order valence-corrected chi connectivity index (χ2v) is 4.99. The van der Waals surface area contributed by atoms with Gasteiger partial charge in [0, 0.05) is 17.5 Å². The summed E-state index contributed by atoms with van der Waals surface area (Å²) in [5.41, 5.74) is 7.53. The lowest BCUT2D eigenvalue weighted by molar-refractivity contribution is 1.36. The van der Waals surface area contributed by atoms with Crippen molar-refractivity contribution >= 4 is 0 Å². The second-order valence-electron chi connectivity index (χ2n) is 4.99. The maximum Gasteiger partial charge on any atom is 0.0459 e. The van der Waals surface area contributed by atoms with Gasteiger partial charge in [-0.1, -0.05) is 42.5 Å². The predicted molar refractivity (Wildman–Crippen MR) is 81.1 cm³/mol. The number of rotatable bonds is 2. The largest absolute Gasteiger partial charge is 0.361 e. The van der Waals surface area contributed by atoms with Gasteiger partial charge in [0.15, 0.2) is 0 Å². The number of aromatic amines is 1. The monoisotopic (exact) mass is 247 g/mol. The van der Waals surface area contributed by atoms with Gasteiger partial charge in [0.1, 0.15) is 0 Å². The molecule has 0 fully saturated rings. The van der Waals surface area contributed by atoms with Crippen molar-refractivity contribution in [3.8, 4) is 22.4 Å². The molecule has 3 rings (SSSR count). The third kappa shape index (κ3) is 2.32. The minimum absolute atomic E-state index is 1.19. The molecule has 0 aliphatic heterocycles. The molecule has 3 aromatic rings. The topological polar surface area (TPSA) is 15.8 Å². The van der Waals surface area contributed by atoms with Crippen LogP contribution >= 0.6 is 0 Å². The van der Waals surface area contributed by atoms with E-state index in [0.717, 1.165) is 0 Å². The van der Waals surface area contributed by atoms with Gasteiger partial charge in [0.05, 0.1) is 0 Å². The van der Waals surface area contributed by atoms with Crippen molar-refractivity contribution in [1.82, 2.24) is 4.98 Å². The molecule has 19 heavy (non-hydrogen) atoms. The van der Waals surface area contributed by atoms with Gasteiger partial charge in [-0.15, -0.1) is 0 Å². The standard InChI is InChI=1S/C18H17N/c1-13-10-18(19-12-13)17-11-16(9-8-14(17)2)15-6-4-3-5-7-15/h3-12,19H,1-2H3. The zero-order chi connectivity index (χ0) is 13.2. The number of nitrogens with one attached hydrogen (secondary N) is 1. The van der Waals surface area contributed by atoms with Crippen molar-refractivity contribution in [2.24, 2.45) is 0 Å². The second kappa shape index (κ2) is 4.77. The summed E-state index contributed by atoms with van der Waals surface area (Å²) in [6.07, 6.45) is 2.05. The SMILES string of the molecule is Cc1c[nH]c(-c2cc(-c3ccccc3)ccc2C)c1. The molecule has 0 bridgehead atoms. The predicted octanol–water partition coefficient (Wildman–Crippen LogP) is 4.97. The van der Waals surface area contributed by atoms with Crippen LogP contribution in [0.1, 0.15) is 11.1 Å². The lowest BCUT2D eigenvalue weighted by Gasteiger charge is -2.08. The fourth-order valence-electron chi connectivity index (χ4n) is 2.38. The fourth-order valence-corrected chi connectivity index (χ4v) is 2.38. The van der Waals surface area contributed by atoms with Crippen LogP contribution in [-0.4, -0.2) is 4.98 Å². The van der Waals surface area contributed by atoms with E-state index >= 15 is 0 Å². The highest BCUT2D eigenvalue weighted by Crippen LogP contribution is 2.28. The number of benzene rings is 2. The third-order valence-electron chi connectivity index (χ3n) is 3.46. The molecule has 0 amide bonds. The molecule has 0 unspecified atom stereocenters. The number of aromatic nitrogens is 1. The summed E-state index contributed by atoms with van der Waals surface area (Å²) in [6.45, 7) is 4.26. The van der Waals surface area contributed by atoms with Crippen molar-refractivity contribution in [3.63, 3.8) is 0 Å². The maximum absolute atomic E-state index is 3.34. The van der Waals surface area contributed by atoms with E-state index in [2.05, 4.69) is 67.4 Å². The van der Waals surface area contributed by atoms with Crippen molar-refractivity contribution in [2.75, 3.05) is 0 Å². The van der Waals surface area contributed by atoms with Crippen molar-refractivity contribution in [2.45, 2.75) is 13.8 Å². The van der Waals surface area contributed by atoms with Crippen LogP contribution in [-0.2, 0) is 0 Å². The van der Waals surface area contributed by atoms with Crippen LogP contribution in [0.4, 0.5) is 0 Å². The van der Waals surface area contributed by atoms with E-state index in [-0.39, 0.29) is 0 Å². The van der Waals surface area contributed by atoms with Gasteiger partial charge in [-0.25, -0.2) is 0 Å². The van der Waals surface area contributed by atoms with E-state index in [1.54, 1.807) is 0 Å². The van der Waals surface area contributed by atoms with Crippen LogP contribution in [0.3, 0.4) is 0 Å². The molecule has 0 atom stereocenters. The van der Waals surface area contributed by atoms with Gasteiger partial charge in [-0.05, 0) is 48.2 Å². The summed E-state index contributed by atoms with van der Waals surface area (Å²) in [7, 11) is 0. The van der Waals surface area contributed by atoms with Gasteiger partial charge >= 0.3 is 0 Å². The molecule has 94 valence electrons. The molecule has 2 aromatic carbocycles. The Morgan fingerprint density at radius 2 is 1.58 bits per heavy atom. The molecule has 1 heteroatoms. The maximum atomic E-state index is 3.34. The lowest BCUT2D eigenvalue weighted by Crippen LogP contribution is -1.85. The van der Waals surface area contributed by atoms with E-state index in [0.29, 0.717) is 0 Å². The highest BCUT2D eigenvalue weighted by atomic mass is 14.7. The van der Waals surface area contributed by atoms with E-state index in [1.807, 2.05) is 12.3 Å². The van der Waals surface area contributed by atoms with E-state index in [4.69, 9.17) is 0 Å². The van der Waals surface area contributed by atoms with Gasteiger partial charge in [0.25, 0.3) is 0 Å². The first kappa shape index (κ1) is 11.8. The van der Waals surface area contributed by atoms with E-state index in [9.17, 15) is 0 Å². The molecular formula is C18H17N. The van der Waals surface area contributed by atoms with Gasteiger partial charge < -0.3 is 4.98 Å². The highest BCUT2D eigenvalue weighted by molar-refractivity contribution is 5.74. The van der Waals surface area contributed by atoms with Crippen LogP contribution in [0.5, 0.6) is 0 Å². The molecule has 0 aliphatic rings. The molecular weight excluding hydrogens is 230 g/mol. The Balaban J connectivity index is 2.11. The zero-order valence-electron chi connectivity index (χ0n) is 11.3. The summed E-state index contributed by atoms with van der Waals surface area (Å²) in [5, 5.41) is 0. The molecule has 1 aromatic heterocycles. The molecule has 0 spiro atoms. The Morgan fingerprint density at radius 3 is 2.26 bits per heavy atom. The Morgan fingerprint density at radius 1 is 0.789 bits per heavy atom. The lowest BCUT2D eigenvalue weighted by atomic mass is 9.98. The normalized spacial score (nSPS) is 10.6. The summed E-state index contributed by atoms with van der Waals surface area (Å²) in [5.74, 6) is 0. The van der Waals surface area contributed by atoms with Gasteiger partial charge in [-0.2, -0.15) is 0 Å². The van der Waals surface area contributed by atoms with E-state index < -0.39 is 0 Å². The molecule has 1 nitrogen and oxygen atoms in total. The quantitative estimate of drug-likeness (QED) is 0.658. The molecule has 1 N–H and O–H groups in total. The van der Waals surface area contributed by atoms with Crippen LogP contribution in [0.15, 0.2) is 60.8 Å².